The highest BCUT2D eigenvalue weighted by Gasteiger charge is 2.24. The van der Waals surface area contributed by atoms with Crippen LogP contribution in [0, 0.1) is 0 Å². The molecule has 2 aliphatic heterocycles. The van der Waals surface area contributed by atoms with Crippen LogP contribution in [0.5, 0.6) is 5.75 Å². The first-order chi connectivity index (χ1) is 25.5. The topological polar surface area (TPSA) is 143 Å². The number of carbonyl (C=O) groups is 3. The molecule has 2 aromatic heterocycles. The number of piperidine rings is 2. The summed E-state index contributed by atoms with van der Waals surface area (Å²) in [5, 5.41) is 7.99. The van der Waals surface area contributed by atoms with Gasteiger partial charge < -0.3 is 30.9 Å². The zero-order valence-electron chi connectivity index (χ0n) is 30.3. The molecule has 3 amide bonds. The molecule has 4 aromatic rings. The molecule has 4 heterocycles. The standard InChI is InChI=1S/C40H45Cl2N7O4/c1-24(50)48-15-10-29(11-16-48)45-21-26-19-34(39(40(43)52)47-22-26)32-6-4-5-31(36(32)41)33-9-14-44-38(37(33)42)27-7-8-28(35(20-27)53-3)23-46-30-12-17-49(18-13-30)25(2)51/h4-9,14,19-20,22,29-30,45-46H,10-13,15-18,21,23H2,1-3H3,(H2,43,52). The molecule has 11 nitrogen and oxygen atoms in total. The van der Waals surface area contributed by atoms with Crippen LogP contribution >= 0.6 is 23.2 Å². The van der Waals surface area contributed by atoms with Crippen molar-refractivity contribution < 1.29 is 19.1 Å². The van der Waals surface area contributed by atoms with E-state index in [2.05, 4.69) is 20.6 Å². The smallest absolute Gasteiger partial charge is 0.267 e. The monoisotopic (exact) mass is 757 g/mol. The number of likely N-dealkylation sites (tertiary alicyclic amines) is 2. The number of hydrogen-bond acceptors (Lipinski definition) is 8. The summed E-state index contributed by atoms with van der Waals surface area (Å²) < 4.78 is 5.79. The maximum Gasteiger partial charge on any atom is 0.267 e. The minimum atomic E-state index is -0.659. The molecule has 0 atom stereocenters. The van der Waals surface area contributed by atoms with Crippen LogP contribution in [0.15, 0.2) is 60.9 Å². The molecule has 0 unspecified atom stereocenters. The van der Waals surface area contributed by atoms with Crippen LogP contribution in [-0.2, 0) is 22.7 Å². The predicted molar refractivity (Wildman–Crippen MR) is 208 cm³/mol. The lowest BCUT2D eigenvalue weighted by molar-refractivity contribution is -0.130. The van der Waals surface area contributed by atoms with Crippen LogP contribution in [0.3, 0.4) is 0 Å². The fraction of sp³-hybridized carbons (Fsp3) is 0.375. The van der Waals surface area contributed by atoms with Gasteiger partial charge in [-0.3, -0.25) is 24.4 Å². The molecule has 2 saturated heterocycles. The highest BCUT2D eigenvalue weighted by molar-refractivity contribution is 6.39. The summed E-state index contributed by atoms with van der Waals surface area (Å²) in [4.78, 5) is 48.8. The molecule has 2 aliphatic rings. The van der Waals surface area contributed by atoms with Gasteiger partial charge in [0.1, 0.15) is 11.4 Å². The molecule has 0 radical (unpaired) electrons. The lowest BCUT2D eigenvalue weighted by Crippen LogP contribution is -2.43. The van der Waals surface area contributed by atoms with Crippen LogP contribution in [0.2, 0.25) is 10.0 Å². The highest BCUT2D eigenvalue weighted by atomic mass is 35.5. The van der Waals surface area contributed by atoms with Gasteiger partial charge in [0.05, 0.1) is 22.8 Å². The molecular weight excluding hydrogens is 713 g/mol. The molecule has 0 aliphatic carbocycles. The van der Waals surface area contributed by atoms with Crippen molar-refractivity contribution in [2.75, 3.05) is 33.3 Å². The molecule has 0 spiro atoms. The second-order valence-electron chi connectivity index (χ2n) is 13.6. The van der Waals surface area contributed by atoms with Crippen LogP contribution in [0.4, 0.5) is 0 Å². The highest BCUT2D eigenvalue weighted by Crippen LogP contribution is 2.42. The van der Waals surface area contributed by atoms with Crippen LogP contribution in [-0.4, -0.2) is 82.9 Å². The van der Waals surface area contributed by atoms with Gasteiger partial charge in [0, 0.05) is 111 Å². The summed E-state index contributed by atoms with van der Waals surface area (Å²) in [5.41, 5.74) is 11.6. The van der Waals surface area contributed by atoms with Crippen molar-refractivity contribution in [2.45, 2.75) is 64.7 Å². The van der Waals surface area contributed by atoms with Gasteiger partial charge in [-0.15, -0.1) is 0 Å². The molecule has 4 N–H and O–H groups in total. The van der Waals surface area contributed by atoms with E-state index in [1.807, 2.05) is 58.3 Å². The number of halogens is 2. The third kappa shape index (κ3) is 8.81. The second-order valence-corrected chi connectivity index (χ2v) is 14.4. The average Bonchev–Trinajstić information content (AvgIpc) is 3.16. The van der Waals surface area contributed by atoms with Gasteiger partial charge in [0.25, 0.3) is 5.91 Å². The predicted octanol–water partition coefficient (Wildman–Crippen LogP) is 6.09. The van der Waals surface area contributed by atoms with Gasteiger partial charge in [-0.05, 0) is 49.4 Å². The first-order valence-electron chi connectivity index (χ1n) is 17.9. The van der Waals surface area contributed by atoms with Crippen molar-refractivity contribution in [2.24, 2.45) is 5.73 Å². The fourth-order valence-electron chi connectivity index (χ4n) is 7.16. The minimum Gasteiger partial charge on any atom is -0.496 e. The number of nitrogens with zero attached hydrogens (tertiary/aromatic N) is 4. The Balaban J connectivity index is 1.23. The summed E-state index contributed by atoms with van der Waals surface area (Å²) in [7, 11) is 1.64. The maximum atomic E-state index is 12.6. The Morgan fingerprint density at radius 1 is 0.792 bits per heavy atom. The van der Waals surface area contributed by atoms with E-state index >= 15 is 0 Å². The molecule has 0 bridgehead atoms. The Morgan fingerprint density at radius 2 is 1.38 bits per heavy atom. The van der Waals surface area contributed by atoms with E-state index in [-0.39, 0.29) is 23.6 Å². The molecule has 0 saturated carbocycles. The van der Waals surface area contributed by atoms with Crippen LogP contribution < -0.4 is 21.1 Å². The number of carbonyl (C=O) groups excluding carboxylic acids is 3. The largest absolute Gasteiger partial charge is 0.496 e. The summed E-state index contributed by atoms with van der Waals surface area (Å²) in [6.45, 7) is 7.33. The number of amides is 3. The number of nitrogens with one attached hydrogen (secondary N) is 2. The average molecular weight is 759 g/mol. The molecule has 278 valence electrons. The number of aromatic nitrogens is 2. The first-order valence-corrected chi connectivity index (χ1v) is 18.7. The normalized spacial score (nSPS) is 15.4. The molecule has 6 rings (SSSR count). The van der Waals surface area contributed by atoms with E-state index in [0.29, 0.717) is 62.9 Å². The van der Waals surface area contributed by atoms with Crippen molar-refractivity contribution in [3.8, 4) is 39.3 Å². The summed E-state index contributed by atoms with van der Waals surface area (Å²) in [6.07, 6.45) is 6.88. The quantitative estimate of drug-likeness (QED) is 0.167. The van der Waals surface area contributed by atoms with E-state index < -0.39 is 5.91 Å². The molecule has 13 heteroatoms. The Bertz CT molecular complexity index is 1990. The minimum absolute atomic E-state index is 0.0982. The summed E-state index contributed by atoms with van der Waals surface area (Å²) in [6, 6.07) is 15.8. The van der Waals surface area contributed by atoms with E-state index in [1.54, 1.807) is 33.4 Å². The lowest BCUT2D eigenvalue weighted by Gasteiger charge is -2.32. The van der Waals surface area contributed by atoms with Crippen molar-refractivity contribution in [1.29, 1.82) is 0 Å². The van der Waals surface area contributed by atoms with E-state index in [9.17, 15) is 14.4 Å². The number of ether oxygens (including phenoxy) is 1. The van der Waals surface area contributed by atoms with Crippen molar-refractivity contribution in [3.63, 3.8) is 0 Å². The number of hydrogen-bond donors (Lipinski definition) is 3. The van der Waals surface area contributed by atoms with Gasteiger partial charge in [-0.2, -0.15) is 0 Å². The SMILES string of the molecule is COc1cc(-c2nccc(-c3cccc(-c4cc(CNC5CCN(C(C)=O)CC5)cnc4C(N)=O)c3Cl)c2Cl)ccc1CNC1CCN(C(C)=O)CC1. The Labute approximate surface area is 320 Å². The Hall–Kier alpha value is -4.55. The zero-order chi connectivity index (χ0) is 37.6. The van der Waals surface area contributed by atoms with E-state index in [4.69, 9.17) is 33.7 Å². The third-order valence-electron chi connectivity index (χ3n) is 10.3. The number of rotatable bonds is 11. The van der Waals surface area contributed by atoms with Crippen molar-refractivity contribution in [3.05, 3.63) is 87.8 Å². The van der Waals surface area contributed by atoms with E-state index in [0.717, 1.165) is 68.6 Å². The van der Waals surface area contributed by atoms with Gasteiger partial charge in [0.15, 0.2) is 0 Å². The number of primary amides is 1. The van der Waals surface area contributed by atoms with Gasteiger partial charge in [0.2, 0.25) is 11.8 Å². The van der Waals surface area contributed by atoms with Gasteiger partial charge in [-0.25, -0.2) is 0 Å². The molecule has 2 aromatic carbocycles. The van der Waals surface area contributed by atoms with Gasteiger partial charge >= 0.3 is 0 Å². The summed E-state index contributed by atoms with van der Waals surface area (Å²) >= 11 is 14.3. The molecular formula is C40H45Cl2N7O4. The number of benzene rings is 2. The zero-order valence-corrected chi connectivity index (χ0v) is 31.8. The first kappa shape index (κ1) is 38.2. The van der Waals surface area contributed by atoms with E-state index in [1.165, 1.54) is 0 Å². The Morgan fingerprint density at radius 3 is 1.96 bits per heavy atom. The third-order valence-corrected chi connectivity index (χ3v) is 11.1. The Kier molecular flexibility index (Phi) is 12.3. The molecule has 2 fully saturated rings. The van der Waals surface area contributed by atoms with Crippen LogP contribution in [0.1, 0.15) is 61.1 Å². The number of pyridine rings is 2. The summed E-state index contributed by atoms with van der Waals surface area (Å²) in [5.74, 6) is 0.270. The van der Waals surface area contributed by atoms with Gasteiger partial charge in [-0.1, -0.05) is 53.5 Å². The number of nitrogens with two attached hydrogens (primary N) is 1. The fourth-order valence-corrected chi connectivity index (χ4v) is 7.81. The van der Waals surface area contributed by atoms with Crippen molar-refractivity contribution >= 4 is 40.9 Å². The maximum absolute atomic E-state index is 12.6. The van der Waals surface area contributed by atoms with Crippen molar-refractivity contribution in [1.82, 2.24) is 30.4 Å². The lowest BCUT2D eigenvalue weighted by atomic mass is 9.96. The second kappa shape index (κ2) is 17.1. The van der Waals surface area contributed by atoms with Crippen LogP contribution in [0.25, 0.3) is 33.5 Å². The number of methoxy groups -OCH3 is 1. The molecule has 53 heavy (non-hydrogen) atoms.